The van der Waals surface area contributed by atoms with Crippen molar-refractivity contribution in [2.75, 3.05) is 13.7 Å². The molecule has 3 aromatic rings. The number of hydrogen-bond acceptors (Lipinski definition) is 4. The number of carbonyl (C=O) groups excluding carboxylic acids is 1. The summed E-state index contributed by atoms with van der Waals surface area (Å²) < 4.78 is 11.7. The van der Waals surface area contributed by atoms with E-state index in [1.807, 2.05) is 42.3 Å². The molecule has 1 aromatic heterocycles. The van der Waals surface area contributed by atoms with Crippen LogP contribution in [0.5, 0.6) is 5.75 Å². The van der Waals surface area contributed by atoms with Crippen LogP contribution in [0.25, 0.3) is 22.1 Å². The standard InChI is InChI=1S/C25H27NO4/c1-17-24(18-9-5-3-6-10-18)25(28)21-14-13-20(15-22(21)30-17)29-16-23(27)26(2)19-11-7-4-8-12-19/h3,5-6,9-10,13-15,19H,4,7-8,11-12,16H2,1-2H3. The zero-order valence-electron chi connectivity index (χ0n) is 17.5. The van der Waals surface area contributed by atoms with Crippen LogP contribution in [-0.4, -0.2) is 30.5 Å². The molecule has 0 unspecified atom stereocenters. The van der Waals surface area contributed by atoms with Crippen molar-refractivity contribution in [1.29, 1.82) is 0 Å². The van der Waals surface area contributed by atoms with Crippen LogP contribution in [0.4, 0.5) is 0 Å². The predicted octanol–water partition coefficient (Wildman–Crippen LogP) is 4.94. The smallest absolute Gasteiger partial charge is 0.260 e. The fourth-order valence-corrected chi connectivity index (χ4v) is 4.23. The molecule has 5 nitrogen and oxygen atoms in total. The van der Waals surface area contributed by atoms with Crippen molar-refractivity contribution in [2.24, 2.45) is 0 Å². The average Bonchev–Trinajstić information content (AvgIpc) is 2.78. The number of carbonyl (C=O) groups is 1. The number of fused-ring (bicyclic) bond motifs is 1. The summed E-state index contributed by atoms with van der Waals surface area (Å²) in [6.07, 6.45) is 5.73. The maximum Gasteiger partial charge on any atom is 0.260 e. The van der Waals surface area contributed by atoms with E-state index < -0.39 is 0 Å². The monoisotopic (exact) mass is 405 g/mol. The van der Waals surface area contributed by atoms with Crippen LogP contribution in [0.15, 0.2) is 57.7 Å². The van der Waals surface area contributed by atoms with E-state index >= 15 is 0 Å². The first-order valence-corrected chi connectivity index (χ1v) is 10.6. The molecule has 5 heteroatoms. The van der Waals surface area contributed by atoms with Gasteiger partial charge in [-0.15, -0.1) is 0 Å². The number of nitrogens with zero attached hydrogens (tertiary/aromatic N) is 1. The number of benzene rings is 2. The van der Waals surface area contributed by atoms with Crippen molar-refractivity contribution in [3.63, 3.8) is 0 Å². The van der Waals surface area contributed by atoms with Gasteiger partial charge in [0.15, 0.2) is 6.61 Å². The minimum atomic E-state index is -0.0698. The molecule has 0 radical (unpaired) electrons. The minimum absolute atomic E-state index is 0.0240. The molecule has 4 rings (SSSR count). The Morgan fingerprint density at radius 2 is 1.83 bits per heavy atom. The number of aryl methyl sites for hydroxylation is 1. The predicted molar refractivity (Wildman–Crippen MR) is 118 cm³/mol. The van der Waals surface area contributed by atoms with Gasteiger partial charge < -0.3 is 14.1 Å². The van der Waals surface area contributed by atoms with Crippen LogP contribution in [0, 0.1) is 6.92 Å². The van der Waals surface area contributed by atoms with Gasteiger partial charge in [0.2, 0.25) is 5.43 Å². The summed E-state index contributed by atoms with van der Waals surface area (Å²) in [5, 5.41) is 0.498. The van der Waals surface area contributed by atoms with E-state index in [1.54, 1.807) is 25.1 Å². The van der Waals surface area contributed by atoms with Gasteiger partial charge in [-0.2, -0.15) is 0 Å². The summed E-state index contributed by atoms with van der Waals surface area (Å²) in [7, 11) is 1.86. The lowest BCUT2D eigenvalue weighted by Crippen LogP contribution is -2.40. The first-order valence-electron chi connectivity index (χ1n) is 10.6. The molecular weight excluding hydrogens is 378 g/mol. The molecule has 30 heavy (non-hydrogen) atoms. The van der Waals surface area contributed by atoms with E-state index in [0.29, 0.717) is 34.1 Å². The zero-order valence-corrected chi connectivity index (χ0v) is 17.5. The molecule has 0 aliphatic heterocycles. The Labute approximate surface area is 176 Å². The highest BCUT2D eigenvalue weighted by atomic mass is 16.5. The van der Waals surface area contributed by atoms with Gasteiger partial charge in [-0.05, 0) is 37.5 Å². The Hall–Kier alpha value is -3.08. The Kier molecular flexibility index (Phi) is 5.88. The average molecular weight is 405 g/mol. The minimum Gasteiger partial charge on any atom is -0.484 e. The molecule has 0 atom stereocenters. The summed E-state index contributed by atoms with van der Waals surface area (Å²) >= 11 is 0. The van der Waals surface area contributed by atoms with E-state index in [9.17, 15) is 9.59 Å². The molecule has 1 aliphatic carbocycles. The first kappa shape index (κ1) is 20.2. The SMILES string of the molecule is Cc1oc2cc(OCC(=O)N(C)C3CCCCC3)ccc2c(=O)c1-c1ccccc1. The largest absolute Gasteiger partial charge is 0.484 e. The second kappa shape index (κ2) is 8.74. The molecule has 1 heterocycles. The van der Waals surface area contributed by atoms with Gasteiger partial charge in [-0.1, -0.05) is 49.6 Å². The van der Waals surface area contributed by atoms with Gasteiger partial charge in [-0.3, -0.25) is 9.59 Å². The fraction of sp³-hybridized carbons (Fsp3) is 0.360. The molecule has 2 aromatic carbocycles. The number of amides is 1. The number of rotatable bonds is 5. The van der Waals surface area contributed by atoms with Crippen molar-refractivity contribution in [3.8, 4) is 16.9 Å². The Balaban J connectivity index is 1.52. The molecule has 0 bridgehead atoms. The third kappa shape index (κ3) is 4.11. The highest BCUT2D eigenvalue weighted by molar-refractivity contribution is 5.84. The van der Waals surface area contributed by atoms with Gasteiger partial charge in [0.25, 0.3) is 5.91 Å². The highest BCUT2D eigenvalue weighted by Gasteiger charge is 2.22. The summed E-state index contributed by atoms with van der Waals surface area (Å²) in [6, 6.07) is 14.9. The van der Waals surface area contributed by atoms with Crippen molar-refractivity contribution in [2.45, 2.75) is 45.1 Å². The molecule has 1 saturated carbocycles. The molecule has 156 valence electrons. The summed E-state index contributed by atoms with van der Waals surface area (Å²) in [5.74, 6) is 1.05. The quantitative estimate of drug-likeness (QED) is 0.603. The molecule has 1 aliphatic rings. The summed E-state index contributed by atoms with van der Waals surface area (Å²) in [6.45, 7) is 1.77. The van der Waals surface area contributed by atoms with Crippen LogP contribution in [0.2, 0.25) is 0 Å². The molecule has 1 fully saturated rings. The number of ether oxygens (including phenoxy) is 1. The van der Waals surface area contributed by atoms with Crippen molar-refractivity contribution < 1.29 is 13.9 Å². The topological polar surface area (TPSA) is 59.8 Å². The van der Waals surface area contributed by atoms with Crippen LogP contribution in [0.3, 0.4) is 0 Å². The lowest BCUT2D eigenvalue weighted by molar-refractivity contribution is -0.134. The normalized spacial score (nSPS) is 14.6. The van der Waals surface area contributed by atoms with Crippen molar-refractivity contribution in [1.82, 2.24) is 4.90 Å². The molecule has 0 saturated heterocycles. The summed E-state index contributed by atoms with van der Waals surface area (Å²) in [5.41, 5.74) is 1.80. The van der Waals surface area contributed by atoms with Gasteiger partial charge in [0.1, 0.15) is 17.1 Å². The van der Waals surface area contributed by atoms with Crippen LogP contribution in [-0.2, 0) is 4.79 Å². The second-order valence-corrected chi connectivity index (χ2v) is 7.97. The Morgan fingerprint density at radius 3 is 2.57 bits per heavy atom. The van der Waals surface area contributed by atoms with Gasteiger partial charge in [-0.25, -0.2) is 0 Å². The zero-order chi connectivity index (χ0) is 21.1. The van der Waals surface area contributed by atoms with E-state index in [4.69, 9.17) is 9.15 Å². The van der Waals surface area contributed by atoms with E-state index in [0.717, 1.165) is 18.4 Å². The molecular formula is C25H27NO4. The number of likely N-dealkylation sites (N-methyl/N-ethyl adjacent to an activating group) is 1. The third-order valence-electron chi connectivity index (χ3n) is 5.98. The number of hydrogen-bond donors (Lipinski definition) is 0. The lowest BCUT2D eigenvalue weighted by Gasteiger charge is -2.31. The van der Waals surface area contributed by atoms with Crippen LogP contribution >= 0.6 is 0 Å². The molecule has 0 spiro atoms. The van der Waals surface area contributed by atoms with Crippen molar-refractivity contribution >= 4 is 16.9 Å². The maximum atomic E-state index is 13.0. The van der Waals surface area contributed by atoms with E-state index in [1.165, 1.54) is 19.3 Å². The molecule has 1 amide bonds. The highest BCUT2D eigenvalue weighted by Crippen LogP contribution is 2.26. The fourth-order valence-electron chi connectivity index (χ4n) is 4.23. The van der Waals surface area contributed by atoms with Gasteiger partial charge in [0.05, 0.1) is 10.9 Å². The second-order valence-electron chi connectivity index (χ2n) is 7.97. The first-order chi connectivity index (χ1) is 14.5. The maximum absolute atomic E-state index is 13.0. The van der Waals surface area contributed by atoms with Crippen LogP contribution < -0.4 is 10.2 Å². The lowest BCUT2D eigenvalue weighted by atomic mass is 9.94. The van der Waals surface area contributed by atoms with Gasteiger partial charge >= 0.3 is 0 Å². The third-order valence-corrected chi connectivity index (χ3v) is 5.98. The Morgan fingerprint density at radius 1 is 1.10 bits per heavy atom. The Bertz CT molecular complexity index is 1100. The van der Waals surface area contributed by atoms with Gasteiger partial charge in [0, 0.05) is 19.2 Å². The van der Waals surface area contributed by atoms with Crippen LogP contribution in [0.1, 0.15) is 37.9 Å². The summed E-state index contributed by atoms with van der Waals surface area (Å²) in [4.78, 5) is 27.4. The van der Waals surface area contributed by atoms with E-state index in [-0.39, 0.29) is 17.9 Å². The van der Waals surface area contributed by atoms with E-state index in [2.05, 4.69) is 0 Å². The van der Waals surface area contributed by atoms with Crippen molar-refractivity contribution in [3.05, 3.63) is 64.5 Å². The molecule has 0 N–H and O–H groups in total.